The number of hydrogen-bond donors (Lipinski definition) is 0. The summed E-state index contributed by atoms with van der Waals surface area (Å²) in [7, 11) is 1.79. The molecule has 0 aromatic heterocycles. The molecule has 124 valence electrons. The van der Waals surface area contributed by atoms with Gasteiger partial charge in [0.2, 0.25) is 0 Å². The Morgan fingerprint density at radius 2 is 1.38 bits per heavy atom. The smallest absolute Gasteiger partial charge is 0.676 e. The molecular formula is C17H37LaN2O. The molecule has 0 saturated heterocycles. The fraction of sp³-hybridized carbons (Fsp3) is 0.941. The minimum atomic E-state index is 0. The van der Waals surface area contributed by atoms with Gasteiger partial charge in [-0.2, -0.15) is 0 Å². The summed E-state index contributed by atoms with van der Waals surface area (Å²) < 4.78 is 5.00. The summed E-state index contributed by atoms with van der Waals surface area (Å²) in [5, 5.41) is 8.70. The van der Waals surface area contributed by atoms with Crippen LogP contribution in [-0.4, -0.2) is 32.0 Å². The van der Waals surface area contributed by atoms with Gasteiger partial charge in [-0.15, -0.1) is 19.0 Å². The van der Waals surface area contributed by atoms with Crippen LogP contribution in [0.15, 0.2) is 0 Å². The maximum absolute atomic E-state index is 5.00. The van der Waals surface area contributed by atoms with Crippen LogP contribution in [-0.2, 0) is 4.74 Å². The van der Waals surface area contributed by atoms with Gasteiger partial charge in [-0.25, -0.2) is 6.17 Å². The molecule has 21 heavy (non-hydrogen) atoms. The third kappa shape index (κ3) is 19.0. The molecule has 1 rings (SSSR count). The van der Waals surface area contributed by atoms with Crippen LogP contribution >= 0.6 is 0 Å². The van der Waals surface area contributed by atoms with Crippen molar-refractivity contribution in [1.82, 2.24) is 0 Å². The van der Waals surface area contributed by atoms with E-state index < -0.39 is 0 Å². The Labute approximate surface area is 162 Å². The first kappa shape index (κ1) is 26.9. The zero-order valence-corrected chi connectivity index (χ0v) is 19.1. The minimum absolute atomic E-state index is 0. The molecule has 0 aliphatic heterocycles. The van der Waals surface area contributed by atoms with E-state index in [9.17, 15) is 0 Å². The van der Waals surface area contributed by atoms with E-state index in [0.717, 1.165) is 12.5 Å². The molecule has 0 heterocycles. The summed E-state index contributed by atoms with van der Waals surface area (Å²) in [6, 6.07) is 0.801. The Hall–Kier alpha value is 1.07. The molecule has 0 aromatic carbocycles. The van der Waals surface area contributed by atoms with Crippen LogP contribution in [0.3, 0.4) is 0 Å². The molecule has 1 aliphatic carbocycles. The fourth-order valence-electron chi connectivity index (χ4n) is 2.48. The van der Waals surface area contributed by atoms with E-state index in [-0.39, 0.29) is 49.2 Å². The predicted octanol–water partition coefficient (Wildman–Crippen LogP) is 5.56. The second-order valence-electron chi connectivity index (χ2n) is 6.05. The standard InChI is InChI=1S/C8H18N2.C8H16O.CH3.La/c1-6(2)9-8(5)10-7(3)4;1-9-7-6-8-4-2-3-5-8;;/h6-8H,1-5H3;8H,2-7H2,1H3;1H3;/q-2;;-1;+3. The van der Waals surface area contributed by atoms with Crippen LogP contribution < -0.4 is 0 Å². The fourth-order valence-corrected chi connectivity index (χ4v) is 2.48. The van der Waals surface area contributed by atoms with Gasteiger partial charge in [-0.1, -0.05) is 53.4 Å². The van der Waals surface area contributed by atoms with Crippen molar-refractivity contribution >= 4 is 0 Å². The van der Waals surface area contributed by atoms with Gasteiger partial charge in [0.15, 0.2) is 0 Å². The molecule has 1 aliphatic rings. The second-order valence-corrected chi connectivity index (χ2v) is 6.05. The van der Waals surface area contributed by atoms with Crippen LogP contribution in [0.1, 0.15) is 66.7 Å². The minimum Gasteiger partial charge on any atom is -0.676 e. The summed E-state index contributed by atoms with van der Waals surface area (Å²) >= 11 is 0. The number of nitrogens with zero attached hydrogens (tertiary/aromatic N) is 2. The van der Waals surface area contributed by atoms with E-state index in [0.29, 0.717) is 12.1 Å². The average molecular weight is 424 g/mol. The van der Waals surface area contributed by atoms with Crippen LogP contribution in [0.2, 0.25) is 0 Å². The molecule has 3 nitrogen and oxygen atoms in total. The predicted molar refractivity (Wildman–Crippen MR) is 91.3 cm³/mol. The van der Waals surface area contributed by atoms with E-state index in [2.05, 4.69) is 38.3 Å². The summed E-state index contributed by atoms with van der Waals surface area (Å²) in [6.45, 7) is 11.3. The molecular weight excluding hydrogens is 387 g/mol. The quantitative estimate of drug-likeness (QED) is 0.493. The molecule has 0 bridgehead atoms. The zero-order chi connectivity index (χ0) is 14.7. The average Bonchev–Trinajstić information content (AvgIpc) is 2.77. The third-order valence-electron chi connectivity index (χ3n) is 3.23. The van der Waals surface area contributed by atoms with E-state index in [1.807, 2.05) is 6.92 Å². The Kier molecular flexibility index (Phi) is 22.4. The molecule has 0 N–H and O–H groups in total. The van der Waals surface area contributed by atoms with Crippen molar-refractivity contribution in [3.8, 4) is 0 Å². The zero-order valence-electron chi connectivity index (χ0n) is 15.4. The maximum atomic E-state index is 5.00. The first-order chi connectivity index (χ1) is 8.95. The molecule has 0 atom stereocenters. The van der Waals surface area contributed by atoms with Gasteiger partial charge in [0.1, 0.15) is 0 Å². The van der Waals surface area contributed by atoms with Crippen molar-refractivity contribution in [3.05, 3.63) is 18.1 Å². The van der Waals surface area contributed by atoms with Gasteiger partial charge in [-0.3, -0.25) is 0 Å². The molecule has 0 radical (unpaired) electrons. The normalized spacial score (nSPS) is 14.7. The first-order valence-electron chi connectivity index (χ1n) is 7.84. The van der Waals surface area contributed by atoms with Gasteiger partial charge in [0, 0.05) is 13.7 Å². The van der Waals surface area contributed by atoms with Crippen molar-refractivity contribution in [2.45, 2.75) is 85.0 Å². The Morgan fingerprint density at radius 1 is 0.952 bits per heavy atom. The molecule has 0 amide bonds. The van der Waals surface area contributed by atoms with E-state index >= 15 is 0 Å². The van der Waals surface area contributed by atoms with Crippen molar-refractivity contribution in [1.29, 1.82) is 0 Å². The topological polar surface area (TPSA) is 37.4 Å². The van der Waals surface area contributed by atoms with Crippen LogP contribution in [0.5, 0.6) is 0 Å². The summed E-state index contributed by atoms with van der Waals surface area (Å²) in [6.07, 6.45) is 7.26. The summed E-state index contributed by atoms with van der Waals surface area (Å²) in [4.78, 5) is 0. The number of methoxy groups -OCH3 is 1. The monoisotopic (exact) mass is 424 g/mol. The second kappa shape index (κ2) is 17.4. The number of ether oxygens (including phenoxy) is 1. The van der Waals surface area contributed by atoms with Gasteiger partial charge in [0.05, 0.1) is 0 Å². The van der Waals surface area contributed by atoms with Crippen molar-refractivity contribution in [2.75, 3.05) is 13.7 Å². The van der Waals surface area contributed by atoms with Crippen LogP contribution in [0.4, 0.5) is 0 Å². The number of hydrogen-bond acceptors (Lipinski definition) is 1. The largest absolute Gasteiger partial charge is 3.00 e. The van der Waals surface area contributed by atoms with Crippen molar-refractivity contribution < 1.29 is 40.3 Å². The summed E-state index contributed by atoms with van der Waals surface area (Å²) in [5.41, 5.74) is 0. The van der Waals surface area contributed by atoms with Gasteiger partial charge < -0.3 is 22.8 Å². The Bertz CT molecular complexity index is 185. The maximum Gasteiger partial charge on any atom is 3.00 e. The van der Waals surface area contributed by atoms with E-state index in [1.165, 1.54) is 32.1 Å². The molecule has 0 aromatic rings. The van der Waals surface area contributed by atoms with Gasteiger partial charge >= 0.3 is 35.6 Å². The van der Waals surface area contributed by atoms with Gasteiger partial charge in [-0.05, 0) is 12.3 Å². The van der Waals surface area contributed by atoms with Crippen molar-refractivity contribution in [2.24, 2.45) is 5.92 Å². The van der Waals surface area contributed by atoms with Crippen LogP contribution in [0, 0.1) is 48.9 Å². The molecule has 0 unspecified atom stereocenters. The van der Waals surface area contributed by atoms with E-state index in [4.69, 9.17) is 4.74 Å². The summed E-state index contributed by atoms with van der Waals surface area (Å²) in [5.74, 6) is 0.991. The molecule has 1 saturated carbocycles. The van der Waals surface area contributed by atoms with Crippen molar-refractivity contribution in [3.63, 3.8) is 0 Å². The Morgan fingerprint density at radius 3 is 1.71 bits per heavy atom. The third-order valence-corrected chi connectivity index (χ3v) is 3.23. The first-order valence-corrected chi connectivity index (χ1v) is 7.84. The Balaban J connectivity index is -0.000000282. The molecule has 1 fully saturated rings. The molecule has 0 spiro atoms. The van der Waals surface area contributed by atoms with E-state index in [1.54, 1.807) is 7.11 Å². The number of rotatable bonds is 7. The molecule has 4 heteroatoms. The van der Waals surface area contributed by atoms with Gasteiger partial charge in [0.25, 0.3) is 0 Å². The SMILES string of the molecule is CC(C)[N-]C(C)[N-]C(C)C.COCCC1CCCC1.[CH3-].[La+3]. The van der Waals surface area contributed by atoms with Crippen LogP contribution in [0.25, 0.3) is 10.6 Å².